The lowest BCUT2D eigenvalue weighted by Gasteiger charge is -2.41. The van der Waals surface area contributed by atoms with E-state index in [-0.39, 0.29) is 0 Å². The molecule has 4 nitrogen and oxygen atoms in total. The van der Waals surface area contributed by atoms with Crippen molar-refractivity contribution in [1.82, 2.24) is 9.15 Å². The Morgan fingerprint density at radius 1 is 0.264 bits per heavy atom. The first kappa shape index (κ1) is 53.7. The second-order valence-electron chi connectivity index (χ2n) is 22.8. The van der Waals surface area contributed by atoms with Crippen molar-refractivity contribution in [3.63, 3.8) is 0 Å². The molecule has 0 aromatic heterocycles. The fraction of sp³-hybridized carbons (Fsp3) is 0.364. The quantitative estimate of drug-likeness (QED) is 0.0635. The molecule has 8 aromatic carbocycles. The van der Waals surface area contributed by atoms with E-state index in [1.54, 1.807) is 0 Å². The molecule has 0 heterocycles. The third kappa shape index (κ3) is 10.1. The summed E-state index contributed by atoms with van der Waals surface area (Å²) < 4.78 is 5.29. The van der Waals surface area contributed by atoms with Gasteiger partial charge < -0.3 is 9.80 Å². The van der Waals surface area contributed by atoms with Crippen molar-refractivity contribution in [2.24, 2.45) is 0 Å². The lowest BCUT2D eigenvalue weighted by atomic mass is 9.14. The predicted molar refractivity (Wildman–Crippen MR) is 321 cm³/mol. The highest BCUT2D eigenvalue weighted by molar-refractivity contribution is 7.22. The van der Waals surface area contributed by atoms with E-state index in [0.717, 1.165) is 0 Å². The van der Waals surface area contributed by atoms with Gasteiger partial charge in [0.2, 0.25) is 0 Å². The van der Waals surface area contributed by atoms with Crippen LogP contribution < -0.4 is 73.4 Å². The summed E-state index contributed by atoms with van der Waals surface area (Å²) in [5.74, 6) is 0. The highest BCUT2D eigenvalue weighted by Crippen LogP contribution is 2.26. The maximum atomic E-state index is 2.65. The van der Waals surface area contributed by atoms with Crippen LogP contribution in [0.25, 0.3) is 0 Å². The van der Waals surface area contributed by atoms with Crippen LogP contribution in [0.15, 0.2) is 182 Å². The summed E-state index contributed by atoms with van der Waals surface area (Å²) in [6, 6.07) is 70.5. The van der Waals surface area contributed by atoms with Crippen LogP contribution in [0.3, 0.4) is 0 Å². The van der Waals surface area contributed by atoms with Gasteiger partial charge in [-0.05, 0) is 111 Å². The van der Waals surface area contributed by atoms with Crippen molar-refractivity contribution in [2.45, 2.75) is 159 Å². The molecule has 8 aromatic rings. The minimum Gasteiger partial charge on any atom is -0.364 e. The average molecular weight is 957 g/mol. The van der Waals surface area contributed by atoms with E-state index in [1.165, 1.54) is 65.8 Å². The summed E-state index contributed by atoms with van der Waals surface area (Å²) in [6.07, 6.45) is -2.75. The Labute approximate surface area is 436 Å². The molecule has 0 aliphatic heterocycles. The molecule has 0 N–H and O–H groups in total. The third-order valence-corrected chi connectivity index (χ3v) is 15.5. The van der Waals surface area contributed by atoms with Crippen LogP contribution in [-0.2, 0) is 0 Å². The van der Waals surface area contributed by atoms with E-state index < -0.39 is 12.3 Å². The van der Waals surface area contributed by atoms with Crippen molar-refractivity contribution in [2.75, 3.05) is 9.80 Å². The van der Waals surface area contributed by atoms with E-state index in [1.807, 2.05) is 0 Å². The minimum absolute atomic E-state index is 0.407. The number of hydrogen-bond donors (Lipinski definition) is 0. The van der Waals surface area contributed by atoms with Crippen molar-refractivity contribution >= 4 is 67.4 Å². The van der Waals surface area contributed by atoms with Gasteiger partial charge in [-0.3, -0.25) is 0 Å². The standard InChI is InChI=1S/2C33H43BN2/c2*1-24(2)35(25(3)4)32-31(33(32)36(26(5)6)27(7)8)34(28-18-12-9-13-19-28,29-20-14-10-15-21-29)30-22-16-11-17-23-30/h2*9-27H,1-8H3. The second kappa shape index (κ2) is 22.7. The average Bonchev–Trinajstić information content (AvgIpc) is 4.26. The number of anilines is 2. The molecule has 0 aliphatic carbocycles. The lowest BCUT2D eigenvalue weighted by Crippen LogP contribution is -2.74. The zero-order chi connectivity index (χ0) is 52.1. The van der Waals surface area contributed by atoms with Gasteiger partial charge in [0.25, 0.3) is 0 Å². The summed E-state index contributed by atoms with van der Waals surface area (Å²) in [5.41, 5.74) is 14.1. The molecule has 376 valence electrons. The predicted octanol–water partition coefficient (Wildman–Crippen LogP) is 8.30. The maximum absolute atomic E-state index is 2.65. The summed E-state index contributed by atoms with van der Waals surface area (Å²) in [5, 5.41) is 2.89. The maximum Gasteiger partial charge on any atom is 0.188 e. The highest BCUT2D eigenvalue weighted by atomic mass is 15.2. The summed E-state index contributed by atoms with van der Waals surface area (Å²) in [6.45, 7) is 37.3. The van der Waals surface area contributed by atoms with Crippen molar-refractivity contribution in [3.05, 3.63) is 193 Å². The zero-order valence-electron chi connectivity index (χ0n) is 46.9. The third-order valence-electron chi connectivity index (χ3n) is 15.5. The first-order chi connectivity index (χ1) is 34.4. The van der Waals surface area contributed by atoms with Gasteiger partial charge in [0.05, 0.1) is 11.4 Å². The van der Waals surface area contributed by atoms with Crippen LogP contribution in [-0.4, -0.2) is 60.6 Å². The summed E-state index contributed by atoms with van der Waals surface area (Å²) in [7, 11) is 0. The van der Waals surface area contributed by atoms with Crippen LogP contribution in [0.5, 0.6) is 0 Å². The largest absolute Gasteiger partial charge is 0.364 e. The van der Waals surface area contributed by atoms with E-state index in [4.69, 9.17) is 0 Å². The fourth-order valence-corrected chi connectivity index (χ4v) is 13.3. The first-order valence-electron chi connectivity index (χ1n) is 27.5. The molecule has 6 heteroatoms. The Morgan fingerprint density at radius 3 is 0.569 bits per heavy atom. The molecule has 72 heavy (non-hydrogen) atoms. The van der Waals surface area contributed by atoms with Gasteiger partial charge >= 0.3 is 0 Å². The molecule has 0 radical (unpaired) electrons. The number of rotatable bonds is 18. The molecule has 0 amide bonds. The Morgan fingerprint density at radius 2 is 0.431 bits per heavy atom. The molecule has 0 fully saturated rings. The molecule has 0 saturated carbocycles. The van der Waals surface area contributed by atoms with Crippen LogP contribution in [0.4, 0.5) is 11.4 Å². The smallest absolute Gasteiger partial charge is 0.188 e. The number of nitrogens with zero attached hydrogens (tertiary/aromatic N) is 4. The molecule has 0 saturated heterocycles. The Hall–Kier alpha value is -6.13. The van der Waals surface area contributed by atoms with Crippen LogP contribution in [0, 0.1) is 0 Å². The normalized spacial score (nSPS) is 12.3. The lowest BCUT2D eigenvalue weighted by molar-refractivity contribution is 0.429. The first-order valence-corrected chi connectivity index (χ1v) is 27.5. The molecule has 0 aliphatic rings. The van der Waals surface area contributed by atoms with Crippen LogP contribution in [0.2, 0.25) is 0 Å². The molecule has 8 rings (SSSR count). The Kier molecular flexibility index (Phi) is 17.0. The molecule has 0 spiro atoms. The second-order valence-corrected chi connectivity index (χ2v) is 22.8. The van der Waals surface area contributed by atoms with Gasteiger partial charge in [0, 0.05) is 24.2 Å². The van der Waals surface area contributed by atoms with Crippen LogP contribution >= 0.6 is 0 Å². The SMILES string of the molecule is CC(C)N(c1c([B-](c2ccccc2)(c2ccccc2)c2ccccc2)c1=[N+](C(C)C)C(C)C)C(C)C.CC(C)N(c1c([B-](c2ccccc2)(c2ccccc2)c2ccccc2)c1=[N+](C(C)C)C(C)C)C(C)C. The molecular formula is C66H86B2N4. The van der Waals surface area contributed by atoms with E-state index in [0.29, 0.717) is 48.3 Å². The fourth-order valence-electron chi connectivity index (χ4n) is 13.3. The molecular weight excluding hydrogens is 870 g/mol. The Bertz CT molecular complexity index is 2530. The van der Waals surface area contributed by atoms with Crippen molar-refractivity contribution < 1.29 is 0 Å². The topological polar surface area (TPSA) is 12.5 Å². The van der Waals surface area contributed by atoms with Crippen LogP contribution in [0.1, 0.15) is 111 Å². The van der Waals surface area contributed by atoms with E-state index >= 15 is 0 Å². The van der Waals surface area contributed by atoms with E-state index in [2.05, 4.69) is 312 Å². The van der Waals surface area contributed by atoms with Gasteiger partial charge in [-0.2, -0.15) is 32.8 Å². The van der Waals surface area contributed by atoms with Gasteiger partial charge in [-0.15, -0.1) is 0 Å². The molecule has 0 bridgehead atoms. The molecule has 0 unspecified atom stereocenters. The van der Waals surface area contributed by atoms with Gasteiger partial charge in [-0.25, -0.2) is 9.15 Å². The van der Waals surface area contributed by atoms with Crippen molar-refractivity contribution in [3.8, 4) is 0 Å². The minimum atomic E-state index is -1.38. The summed E-state index contributed by atoms with van der Waals surface area (Å²) in [4.78, 5) is 5.29. The highest BCUT2D eigenvalue weighted by Gasteiger charge is 2.48. The zero-order valence-corrected chi connectivity index (χ0v) is 46.9. The number of benzene rings is 6. The Balaban J connectivity index is 0.000000211. The monoisotopic (exact) mass is 957 g/mol. The molecule has 0 atom stereocenters. The van der Waals surface area contributed by atoms with Crippen molar-refractivity contribution in [1.29, 1.82) is 0 Å². The van der Waals surface area contributed by atoms with Gasteiger partial charge in [-0.1, -0.05) is 193 Å². The number of hydrogen-bond acceptors (Lipinski definition) is 2. The van der Waals surface area contributed by atoms with Gasteiger partial charge in [0.15, 0.2) is 10.7 Å². The van der Waals surface area contributed by atoms with E-state index in [9.17, 15) is 0 Å². The van der Waals surface area contributed by atoms with Gasteiger partial charge in [0.1, 0.15) is 36.5 Å². The summed E-state index contributed by atoms with van der Waals surface area (Å²) >= 11 is 0.